The van der Waals surface area contributed by atoms with E-state index in [0.717, 1.165) is 23.3 Å². The second-order valence-corrected chi connectivity index (χ2v) is 5.72. The van der Waals surface area contributed by atoms with Crippen molar-refractivity contribution in [1.29, 1.82) is 0 Å². The topological polar surface area (TPSA) is 41.6 Å². The fraction of sp³-hybridized carbons (Fsp3) is 0.125. The summed E-state index contributed by atoms with van der Waals surface area (Å²) in [4.78, 5) is 0. The van der Waals surface area contributed by atoms with E-state index < -0.39 is 0 Å². The number of nitrogens with two attached hydrogens (primary N) is 1. The van der Waals surface area contributed by atoms with E-state index in [1.807, 2.05) is 54.6 Å². The highest BCUT2D eigenvalue weighted by Gasteiger charge is 2.30. The maximum Gasteiger partial charge on any atom is 0.187 e. The second kappa shape index (κ2) is 5.84. The van der Waals surface area contributed by atoms with Gasteiger partial charge in [0.25, 0.3) is 0 Å². The molecule has 1 heterocycles. The average Bonchev–Trinajstić information content (AvgIpc) is 2.94. The lowest BCUT2D eigenvalue weighted by Gasteiger charge is -2.21. The molecule has 2 N–H and O–H groups in total. The van der Waals surface area contributed by atoms with E-state index in [9.17, 15) is 0 Å². The van der Waals surface area contributed by atoms with Crippen LogP contribution in [-0.2, 0) is 0 Å². The molecule has 1 atom stereocenters. The zero-order chi connectivity index (χ0) is 14.8. The molecule has 0 aromatic heterocycles. The minimum atomic E-state index is 0.0231. The first-order valence-electron chi connectivity index (χ1n) is 6.62. The van der Waals surface area contributed by atoms with E-state index in [1.165, 1.54) is 0 Å². The molecule has 2 aromatic rings. The van der Waals surface area contributed by atoms with Gasteiger partial charge in [0, 0.05) is 11.4 Å². The first-order valence-corrected chi connectivity index (χ1v) is 7.41. The number of hydrogen-bond donors (Lipinski definition) is 1. The minimum Gasteiger partial charge on any atom is -0.375 e. The summed E-state index contributed by atoms with van der Waals surface area (Å²) in [6, 6.07) is 17.8. The van der Waals surface area contributed by atoms with E-state index in [-0.39, 0.29) is 11.2 Å². The Balaban J connectivity index is 1.93. The van der Waals surface area contributed by atoms with Crippen LogP contribution in [0.25, 0.3) is 0 Å². The van der Waals surface area contributed by atoms with Gasteiger partial charge < -0.3 is 5.73 Å². The lowest BCUT2D eigenvalue weighted by Crippen LogP contribution is -2.31. The molecule has 21 heavy (non-hydrogen) atoms. The summed E-state index contributed by atoms with van der Waals surface area (Å²) >= 11 is 11.1. The standard InChI is InChI=1S/C16H14ClN3S/c17-13-8-6-12(7-9-13)15-10-14(19-20(15)16(18)21)11-4-2-1-3-5-11/h1-9,15H,10H2,(H2,18,21)/t15-/m0/s1. The highest BCUT2D eigenvalue weighted by Crippen LogP contribution is 2.32. The van der Waals surface area contributed by atoms with Gasteiger partial charge in [0.05, 0.1) is 11.8 Å². The maximum absolute atomic E-state index is 5.95. The predicted octanol–water partition coefficient (Wildman–Crippen LogP) is 3.73. The van der Waals surface area contributed by atoms with Gasteiger partial charge in [-0.25, -0.2) is 5.01 Å². The van der Waals surface area contributed by atoms with Gasteiger partial charge in [-0.1, -0.05) is 54.1 Å². The molecule has 1 aliphatic heterocycles. The Kier molecular flexibility index (Phi) is 3.90. The van der Waals surface area contributed by atoms with E-state index in [0.29, 0.717) is 5.02 Å². The van der Waals surface area contributed by atoms with Crippen molar-refractivity contribution >= 4 is 34.6 Å². The normalized spacial score (nSPS) is 17.7. The summed E-state index contributed by atoms with van der Waals surface area (Å²) in [7, 11) is 0. The van der Waals surface area contributed by atoms with Crippen molar-refractivity contribution in [3.63, 3.8) is 0 Å². The van der Waals surface area contributed by atoms with Gasteiger partial charge >= 0.3 is 0 Å². The lowest BCUT2D eigenvalue weighted by molar-refractivity contribution is 0.373. The summed E-state index contributed by atoms with van der Waals surface area (Å²) < 4.78 is 0. The Labute approximate surface area is 134 Å². The highest BCUT2D eigenvalue weighted by molar-refractivity contribution is 7.80. The van der Waals surface area contributed by atoms with Crippen LogP contribution in [0, 0.1) is 0 Å². The van der Waals surface area contributed by atoms with Crippen molar-refractivity contribution in [2.75, 3.05) is 0 Å². The molecule has 1 aliphatic rings. The molecular weight excluding hydrogens is 302 g/mol. The molecule has 0 aliphatic carbocycles. The molecule has 0 saturated heterocycles. The Morgan fingerprint density at radius 1 is 1.14 bits per heavy atom. The molecular formula is C16H14ClN3S. The molecule has 0 unspecified atom stereocenters. The molecule has 0 amide bonds. The summed E-state index contributed by atoms with van der Waals surface area (Å²) in [5.74, 6) is 0. The van der Waals surface area contributed by atoms with Gasteiger partial charge in [0.2, 0.25) is 0 Å². The fourth-order valence-electron chi connectivity index (χ4n) is 2.46. The molecule has 3 rings (SSSR count). The van der Waals surface area contributed by atoms with Crippen molar-refractivity contribution < 1.29 is 0 Å². The van der Waals surface area contributed by atoms with Crippen LogP contribution < -0.4 is 5.73 Å². The first kappa shape index (κ1) is 14.0. The van der Waals surface area contributed by atoms with Gasteiger partial charge in [-0.05, 0) is 35.5 Å². The summed E-state index contributed by atoms with van der Waals surface area (Å²) in [5, 5.41) is 7.29. The maximum atomic E-state index is 5.95. The van der Waals surface area contributed by atoms with Crippen molar-refractivity contribution in [2.24, 2.45) is 10.8 Å². The average molecular weight is 316 g/mol. The molecule has 0 spiro atoms. The SMILES string of the molecule is NC(=S)N1N=C(c2ccccc2)C[C@H]1c1ccc(Cl)cc1. The number of benzene rings is 2. The van der Waals surface area contributed by atoms with Crippen LogP contribution in [0.1, 0.15) is 23.6 Å². The third-order valence-electron chi connectivity index (χ3n) is 3.50. The Hall–Kier alpha value is -1.91. The van der Waals surface area contributed by atoms with Crippen LogP contribution in [0.2, 0.25) is 5.02 Å². The van der Waals surface area contributed by atoms with E-state index in [2.05, 4.69) is 5.10 Å². The molecule has 3 nitrogen and oxygen atoms in total. The van der Waals surface area contributed by atoms with Crippen molar-refractivity contribution in [3.8, 4) is 0 Å². The Morgan fingerprint density at radius 3 is 2.43 bits per heavy atom. The number of thiocarbonyl (C=S) groups is 1. The Bertz CT molecular complexity index is 682. The van der Waals surface area contributed by atoms with Gasteiger partial charge in [-0.3, -0.25) is 0 Å². The molecule has 5 heteroatoms. The van der Waals surface area contributed by atoms with Crippen molar-refractivity contribution in [2.45, 2.75) is 12.5 Å². The lowest BCUT2D eigenvalue weighted by atomic mass is 9.99. The van der Waals surface area contributed by atoms with Gasteiger partial charge in [0.1, 0.15) is 0 Å². The number of halogens is 1. The smallest absolute Gasteiger partial charge is 0.187 e. The first-order chi connectivity index (χ1) is 10.1. The molecule has 0 saturated carbocycles. The molecule has 106 valence electrons. The molecule has 0 fully saturated rings. The zero-order valence-corrected chi connectivity index (χ0v) is 12.8. The third kappa shape index (κ3) is 2.91. The number of hydrogen-bond acceptors (Lipinski definition) is 2. The van der Waals surface area contributed by atoms with Crippen molar-refractivity contribution in [1.82, 2.24) is 5.01 Å². The zero-order valence-electron chi connectivity index (χ0n) is 11.2. The quantitative estimate of drug-likeness (QED) is 0.858. The summed E-state index contributed by atoms with van der Waals surface area (Å²) in [6.45, 7) is 0. The van der Waals surface area contributed by atoms with Crippen LogP contribution in [-0.4, -0.2) is 15.8 Å². The molecule has 0 bridgehead atoms. The van der Waals surface area contributed by atoms with Crippen LogP contribution in [0.15, 0.2) is 59.7 Å². The molecule has 0 radical (unpaired) electrons. The third-order valence-corrected chi connectivity index (χ3v) is 3.94. The summed E-state index contributed by atoms with van der Waals surface area (Å²) in [5.41, 5.74) is 9.00. The van der Waals surface area contributed by atoms with E-state index >= 15 is 0 Å². The monoisotopic (exact) mass is 315 g/mol. The van der Waals surface area contributed by atoms with Crippen LogP contribution in [0.3, 0.4) is 0 Å². The van der Waals surface area contributed by atoms with Gasteiger partial charge in [-0.2, -0.15) is 5.10 Å². The fourth-order valence-corrected chi connectivity index (χ4v) is 2.76. The predicted molar refractivity (Wildman–Crippen MR) is 90.4 cm³/mol. The number of rotatable bonds is 2. The number of nitrogens with zero attached hydrogens (tertiary/aromatic N) is 2. The Morgan fingerprint density at radius 2 is 1.81 bits per heavy atom. The number of hydrazone groups is 1. The second-order valence-electron chi connectivity index (χ2n) is 4.87. The van der Waals surface area contributed by atoms with Gasteiger partial charge in [0.15, 0.2) is 5.11 Å². The van der Waals surface area contributed by atoms with E-state index in [4.69, 9.17) is 29.6 Å². The van der Waals surface area contributed by atoms with Crippen LogP contribution >= 0.6 is 23.8 Å². The van der Waals surface area contributed by atoms with Crippen LogP contribution in [0.4, 0.5) is 0 Å². The van der Waals surface area contributed by atoms with Crippen LogP contribution in [0.5, 0.6) is 0 Å². The highest BCUT2D eigenvalue weighted by atomic mass is 35.5. The van der Waals surface area contributed by atoms with Gasteiger partial charge in [-0.15, -0.1) is 0 Å². The molecule has 2 aromatic carbocycles. The minimum absolute atomic E-state index is 0.0231. The largest absolute Gasteiger partial charge is 0.375 e. The van der Waals surface area contributed by atoms with E-state index in [1.54, 1.807) is 5.01 Å². The summed E-state index contributed by atoms with van der Waals surface area (Å²) in [6.07, 6.45) is 0.767. The van der Waals surface area contributed by atoms with Crippen molar-refractivity contribution in [3.05, 3.63) is 70.7 Å².